The lowest BCUT2D eigenvalue weighted by Gasteiger charge is -2.05. The Labute approximate surface area is 114 Å². The molecule has 3 N–H and O–H groups in total. The number of nitrogens with two attached hydrogens (primary N) is 1. The van der Waals surface area contributed by atoms with Crippen molar-refractivity contribution in [1.29, 1.82) is 0 Å². The van der Waals surface area contributed by atoms with Crippen molar-refractivity contribution in [2.24, 2.45) is 0 Å². The zero-order valence-corrected chi connectivity index (χ0v) is 10.4. The van der Waals surface area contributed by atoms with Crippen LogP contribution in [0.2, 0.25) is 0 Å². The Hall–Kier alpha value is -2.69. The maximum absolute atomic E-state index is 13.4. The van der Waals surface area contributed by atoms with Crippen LogP contribution in [0.3, 0.4) is 0 Å². The number of hydrogen-bond acceptors (Lipinski definition) is 3. The molecule has 0 atom stereocenters. The van der Waals surface area contributed by atoms with E-state index in [-0.39, 0.29) is 29.4 Å². The van der Waals surface area contributed by atoms with Crippen LogP contribution in [0.15, 0.2) is 36.4 Å². The molecule has 2 aromatic carbocycles. The number of carbonyl (C=O) groups is 2. The molecule has 0 bridgehead atoms. The van der Waals surface area contributed by atoms with Gasteiger partial charge in [0.15, 0.2) is 5.78 Å². The first-order valence-corrected chi connectivity index (χ1v) is 6.07. The molecule has 0 saturated carbocycles. The van der Waals surface area contributed by atoms with Gasteiger partial charge in [0, 0.05) is 16.8 Å². The third kappa shape index (κ3) is 2.03. The second kappa shape index (κ2) is 4.45. The van der Waals surface area contributed by atoms with Gasteiger partial charge in [-0.25, -0.2) is 4.39 Å². The van der Waals surface area contributed by atoms with Crippen molar-refractivity contribution in [1.82, 2.24) is 0 Å². The summed E-state index contributed by atoms with van der Waals surface area (Å²) >= 11 is 0. The molecule has 1 aliphatic rings. The minimum Gasteiger partial charge on any atom is -0.396 e. The van der Waals surface area contributed by atoms with Gasteiger partial charge < -0.3 is 11.1 Å². The zero-order valence-electron chi connectivity index (χ0n) is 10.4. The van der Waals surface area contributed by atoms with Crippen LogP contribution in [0, 0.1) is 5.82 Å². The molecular weight excluding hydrogens is 259 g/mol. The van der Waals surface area contributed by atoms with Gasteiger partial charge in [-0.1, -0.05) is 0 Å². The summed E-state index contributed by atoms with van der Waals surface area (Å²) in [4.78, 5) is 23.6. The van der Waals surface area contributed by atoms with Crippen LogP contribution in [0.1, 0.15) is 21.5 Å². The summed E-state index contributed by atoms with van der Waals surface area (Å²) < 4.78 is 13.4. The maximum atomic E-state index is 13.4. The summed E-state index contributed by atoms with van der Waals surface area (Å²) in [5.41, 5.74) is 7.53. The number of amides is 1. The molecule has 1 amide bonds. The predicted octanol–water partition coefficient (Wildman–Crippen LogP) is 2.13. The Bertz CT molecular complexity index is 741. The van der Waals surface area contributed by atoms with E-state index >= 15 is 0 Å². The first-order valence-electron chi connectivity index (χ1n) is 6.07. The Morgan fingerprint density at radius 3 is 2.60 bits per heavy atom. The Morgan fingerprint density at radius 2 is 1.85 bits per heavy atom. The molecule has 20 heavy (non-hydrogen) atoms. The smallest absolute Gasteiger partial charge is 0.228 e. The molecule has 0 spiro atoms. The number of hydrogen-bond donors (Lipinski definition) is 2. The predicted molar refractivity (Wildman–Crippen MR) is 73.0 cm³/mol. The summed E-state index contributed by atoms with van der Waals surface area (Å²) in [6.07, 6.45) is 0.257. The van der Waals surface area contributed by atoms with E-state index in [0.717, 1.165) is 17.3 Å². The van der Waals surface area contributed by atoms with Crippen molar-refractivity contribution in [3.8, 4) is 0 Å². The minimum absolute atomic E-state index is 0.00491. The molecule has 0 aromatic heterocycles. The second-order valence-electron chi connectivity index (χ2n) is 4.66. The number of ketones is 1. The second-order valence-corrected chi connectivity index (χ2v) is 4.66. The number of carbonyl (C=O) groups excluding carboxylic acids is 2. The molecular formula is C15H11FN2O2. The van der Waals surface area contributed by atoms with Gasteiger partial charge in [0.2, 0.25) is 5.91 Å². The van der Waals surface area contributed by atoms with Gasteiger partial charge in [-0.2, -0.15) is 0 Å². The average Bonchev–Trinajstić information content (AvgIpc) is 2.80. The lowest BCUT2D eigenvalue weighted by Crippen LogP contribution is -2.03. The third-order valence-electron chi connectivity index (χ3n) is 3.26. The van der Waals surface area contributed by atoms with Crippen molar-refractivity contribution in [3.05, 3.63) is 58.9 Å². The SMILES string of the molecule is Nc1ccc(C(=O)c2ccc3c(c2)CC(=O)N3)cc1F. The number of rotatable bonds is 2. The number of fused-ring (bicyclic) bond motifs is 1. The van der Waals surface area contributed by atoms with Gasteiger partial charge in [-0.3, -0.25) is 9.59 Å². The van der Waals surface area contributed by atoms with E-state index in [1.807, 2.05) is 0 Å². The highest BCUT2D eigenvalue weighted by atomic mass is 19.1. The molecule has 2 aromatic rings. The lowest BCUT2D eigenvalue weighted by molar-refractivity contribution is -0.115. The van der Waals surface area contributed by atoms with E-state index in [1.165, 1.54) is 12.1 Å². The van der Waals surface area contributed by atoms with Crippen LogP contribution in [-0.2, 0) is 11.2 Å². The van der Waals surface area contributed by atoms with Gasteiger partial charge in [0.05, 0.1) is 12.1 Å². The van der Waals surface area contributed by atoms with Crippen LogP contribution in [-0.4, -0.2) is 11.7 Å². The third-order valence-corrected chi connectivity index (χ3v) is 3.26. The monoisotopic (exact) mass is 270 g/mol. The zero-order chi connectivity index (χ0) is 14.3. The maximum Gasteiger partial charge on any atom is 0.228 e. The molecule has 100 valence electrons. The number of anilines is 2. The summed E-state index contributed by atoms with van der Waals surface area (Å²) in [5.74, 6) is -1.01. The van der Waals surface area contributed by atoms with E-state index in [0.29, 0.717) is 5.56 Å². The largest absolute Gasteiger partial charge is 0.396 e. The van der Waals surface area contributed by atoms with Gasteiger partial charge in [-0.05, 0) is 42.0 Å². The van der Waals surface area contributed by atoms with Crippen molar-refractivity contribution in [2.45, 2.75) is 6.42 Å². The van der Waals surface area contributed by atoms with Crippen LogP contribution in [0.5, 0.6) is 0 Å². The van der Waals surface area contributed by atoms with Crippen LogP contribution in [0.4, 0.5) is 15.8 Å². The fourth-order valence-electron chi connectivity index (χ4n) is 2.21. The number of halogens is 1. The standard InChI is InChI=1S/C15H11FN2O2/c16-11-6-9(1-3-12(11)17)15(20)8-2-4-13-10(5-8)7-14(19)18-13/h1-6H,7,17H2,(H,18,19). The summed E-state index contributed by atoms with van der Waals surface area (Å²) in [6.45, 7) is 0. The Morgan fingerprint density at radius 1 is 1.15 bits per heavy atom. The van der Waals surface area contributed by atoms with Crippen molar-refractivity contribution >= 4 is 23.1 Å². The quantitative estimate of drug-likeness (QED) is 0.648. The van der Waals surface area contributed by atoms with E-state index in [2.05, 4.69) is 5.32 Å². The number of nitrogen functional groups attached to an aromatic ring is 1. The first-order chi connectivity index (χ1) is 9.54. The molecule has 1 aliphatic heterocycles. The van der Waals surface area contributed by atoms with Crippen molar-refractivity contribution in [2.75, 3.05) is 11.1 Å². The molecule has 5 heteroatoms. The van der Waals surface area contributed by atoms with E-state index in [1.54, 1.807) is 18.2 Å². The summed E-state index contributed by atoms with van der Waals surface area (Å²) in [5, 5.41) is 2.69. The van der Waals surface area contributed by atoms with Crippen molar-refractivity contribution < 1.29 is 14.0 Å². The molecule has 0 radical (unpaired) electrons. The Kier molecular flexibility index (Phi) is 2.75. The van der Waals surface area contributed by atoms with Gasteiger partial charge in [-0.15, -0.1) is 0 Å². The minimum atomic E-state index is -0.617. The number of benzene rings is 2. The summed E-state index contributed by atoms with van der Waals surface area (Å²) in [6, 6.07) is 8.92. The van der Waals surface area contributed by atoms with Gasteiger partial charge >= 0.3 is 0 Å². The molecule has 0 aliphatic carbocycles. The molecule has 4 nitrogen and oxygen atoms in total. The molecule has 0 saturated heterocycles. The summed E-state index contributed by atoms with van der Waals surface area (Å²) in [7, 11) is 0. The fourth-order valence-corrected chi connectivity index (χ4v) is 2.21. The fraction of sp³-hybridized carbons (Fsp3) is 0.0667. The molecule has 0 fully saturated rings. The lowest BCUT2D eigenvalue weighted by atomic mass is 10.00. The number of nitrogens with one attached hydrogen (secondary N) is 1. The van der Waals surface area contributed by atoms with Crippen LogP contribution >= 0.6 is 0 Å². The normalized spacial score (nSPS) is 12.9. The van der Waals surface area contributed by atoms with Crippen molar-refractivity contribution in [3.63, 3.8) is 0 Å². The molecule has 0 unspecified atom stereocenters. The van der Waals surface area contributed by atoms with Crippen LogP contribution in [0.25, 0.3) is 0 Å². The Balaban J connectivity index is 1.97. The van der Waals surface area contributed by atoms with E-state index in [9.17, 15) is 14.0 Å². The van der Waals surface area contributed by atoms with E-state index < -0.39 is 5.82 Å². The van der Waals surface area contributed by atoms with E-state index in [4.69, 9.17) is 5.73 Å². The van der Waals surface area contributed by atoms with Crippen LogP contribution < -0.4 is 11.1 Å². The molecule has 1 heterocycles. The van der Waals surface area contributed by atoms with Gasteiger partial charge in [0.1, 0.15) is 5.82 Å². The first kappa shape index (κ1) is 12.3. The highest BCUT2D eigenvalue weighted by Gasteiger charge is 2.20. The molecule has 3 rings (SSSR count). The topological polar surface area (TPSA) is 72.2 Å². The van der Waals surface area contributed by atoms with Gasteiger partial charge in [0.25, 0.3) is 0 Å². The highest BCUT2D eigenvalue weighted by Crippen LogP contribution is 2.25. The highest BCUT2D eigenvalue weighted by molar-refractivity contribution is 6.10. The average molecular weight is 270 g/mol.